The smallest absolute Gasteiger partial charge is 0.231 e. The van der Waals surface area contributed by atoms with E-state index in [1.54, 1.807) is 14.0 Å². The number of primary amides is 1. The Labute approximate surface area is 125 Å². The summed E-state index contributed by atoms with van der Waals surface area (Å²) in [6.07, 6.45) is 3.90. The molecule has 3 amide bonds. The zero-order valence-corrected chi connectivity index (χ0v) is 12.8. The third-order valence-corrected chi connectivity index (χ3v) is 2.92. The van der Waals surface area contributed by atoms with Gasteiger partial charge in [-0.3, -0.25) is 19.3 Å². The summed E-state index contributed by atoms with van der Waals surface area (Å²) in [6, 6.07) is 0. The number of nitrogens with two attached hydrogens (primary N) is 1. The molecule has 0 atom stereocenters. The van der Waals surface area contributed by atoms with E-state index in [9.17, 15) is 19.2 Å². The van der Waals surface area contributed by atoms with Crippen LogP contribution in [0, 0.1) is 0 Å². The van der Waals surface area contributed by atoms with Crippen molar-refractivity contribution < 1.29 is 19.2 Å². The highest BCUT2D eigenvalue weighted by Crippen LogP contribution is 2.13. The molecule has 7 heteroatoms. The van der Waals surface area contributed by atoms with Crippen LogP contribution in [0.3, 0.4) is 0 Å². The van der Waals surface area contributed by atoms with E-state index in [0.717, 1.165) is 19.3 Å². The number of rotatable bonds is 8. The van der Waals surface area contributed by atoms with Gasteiger partial charge in [0.15, 0.2) is 0 Å². The minimum absolute atomic E-state index is 0.0495. The lowest BCUT2D eigenvalue weighted by molar-refractivity contribution is -0.138. The van der Waals surface area contributed by atoms with Gasteiger partial charge in [-0.1, -0.05) is 6.42 Å². The molecule has 0 aromatic heterocycles. The zero-order chi connectivity index (χ0) is 16.3. The molecule has 0 aliphatic carbocycles. The molecular formula is C14H25N3O4. The summed E-state index contributed by atoms with van der Waals surface area (Å²) in [5.74, 6) is -0.223. The van der Waals surface area contributed by atoms with E-state index in [2.05, 4.69) is 5.32 Å². The van der Waals surface area contributed by atoms with Crippen molar-refractivity contribution in [1.82, 2.24) is 10.2 Å². The fourth-order valence-electron chi connectivity index (χ4n) is 1.87. The first kappa shape index (κ1) is 19.2. The van der Waals surface area contributed by atoms with Crippen LogP contribution in [0.5, 0.6) is 0 Å². The van der Waals surface area contributed by atoms with Crippen LogP contribution in [-0.2, 0) is 19.2 Å². The summed E-state index contributed by atoms with van der Waals surface area (Å²) in [6.45, 7) is 2.36. The number of imide groups is 1. The Hall–Kier alpha value is -1.76. The van der Waals surface area contributed by atoms with Crippen LogP contribution in [0.1, 0.15) is 45.4 Å². The molecule has 21 heavy (non-hydrogen) atoms. The van der Waals surface area contributed by atoms with Gasteiger partial charge in [0.2, 0.25) is 17.7 Å². The molecule has 1 rings (SSSR count). The van der Waals surface area contributed by atoms with E-state index < -0.39 is 0 Å². The van der Waals surface area contributed by atoms with Gasteiger partial charge in [-0.2, -0.15) is 0 Å². The fraction of sp³-hybridized carbons (Fsp3) is 0.714. The molecule has 0 bridgehead atoms. The molecule has 0 aromatic rings. The van der Waals surface area contributed by atoms with Gasteiger partial charge in [0, 0.05) is 25.8 Å². The molecule has 1 fully saturated rings. The lowest BCUT2D eigenvalue weighted by Gasteiger charge is -2.12. The normalized spacial score (nSPS) is 13.9. The summed E-state index contributed by atoms with van der Waals surface area (Å²) >= 11 is 0. The number of carbonyl (C=O) groups is 4. The van der Waals surface area contributed by atoms with Crippen molar-refractivity contribution in [3.05, 3.63) is 0 Å². The summed E-state index contributed by atoms with van der Waals surface area (Å²) < 4.78 is 0. The number of likely N-dealkylation sites (tertiary alicyclic amines) is 1. The van der Waals surface area contributed by atoms with Crippen LogP contribution in [0.2, 0.25) is 0 Å². The van der Waals surface area contributed by atoms with E-state index in [4.69, 9.17) is 5.73 Å². The van der Waals surface area contributed by atoms with E-state index in [1.165, 1.54) is 4.90 Å². The Kier molecular flexibility index (Phi) is 10.0. The van der Waals surface area contributed by atoms with E-state index in [0.29, 0.717) is 25.8 Å². The lowest BCUT2D eigenvalue weighted by Crippen LogP contribution is -2.29. The molecule has 0 radical (unpaired) electrons. The third kappa shape index (κ3) is 9.73. The Morgan fingerprint density at radius 3 is 2.10 bits per heavy atom. The van der Waals surface area contributed by atoms with Crippen LogP contribution in [0.25, 0.3) is 0 Å². The van der Waals surface area contributed by atoms with Crippen molar-refractivity contribution in [2.45, 2.75) is 45.4 Å². The number of hydrogen-bond donors (Lipinski definition) is 2. The maximum absolute atomic E-state index is 11.2. The molecule has 1 aliphatic heterocycles. The highest BCUT2D eigenvalue weighted by molar-refractivity contribution is 6.01. The van der Waals surface area contributed by atoms with Crippen molar-refractivity contribution >= 4 is 23.5 Å². The fourth-order valence-corrected chi connectivity index (χ4v) is 1.87. The zero-order valence-electron chi connectivity index (χ0n) is 12.8. The molecule has 0 unspecified atom stereocenters. The van der Waals surface area contributed by atoms with Crippen molar-refractivity contribution in [2.75, 3.05) is 20.1 Å². The van der Waals surface area contributed by atoms with Gasteiger partial charge in [0.25, 0.3) is 0 Å². The molecular weight excluding hydrogens is 274 g/mol. The van der Waals surface area contributed by atoms with Crippen molar-refractivity contribution in [3.63, 3.8) is 0 Å². The monoisotopic (exact) mass is 299 g/mol. The minimum Gasteiger partial charge on any atom is -0.369 e. The average molecular weight is 299 g/mol. The summed E-state index contributed by atoms with van der Waals surface area (Å²) in [7, 11) is 1.67. The third-order valence-electron chi connectivity index (χ3n) is 2.92. The van der Waals surface area contributed by atoms with E-state index in [1.807, 2.05) is 0 Å². The number of Topliss-reactive ketones (excluding diaryl/α,β-unsaturated/α-hetero) is 1. The van der Waals surface area contributed by atoms with Crippen LogP contribution >= 0.6 is 0 Å². The first-order valence-electron chi connectivity index (χ1n) is 7.14. The number of nitrogens with one attached hydrogen (secondary N) is 1. The number of nitrogens with zero attached hydrogens (tertiary/aromatic N) is 1. The number of ketones is 1. The molecule has 120 valence electrons. The second-order valence-corrected chi connectivity index (χ2v) is 4.95. The number of likely N-dealkylation sites (N-methyl/N-ethyl adjacent to an activating group) is 1. The van der Waals surface area contributed by atoms with Gasteiger partial charge in [0.05, 0.1) is 6.54 Å². The molecule has 1 heterocycles. The van der Waals surface area contributed by atoms with Gasteiger partial charge in [-0.25, -0.2) is 0 Å². The Morgan fingerprint density at radius 2 is 1.71 bits per heavy atom. The molecule has 3 N–H and O–H groups in total. The van der Waals surface area contributed by atoms with Crippen LogP contribution in [0.4, 0.5) is 0 Å². The van der Waals surface area contributed by atoms with Crippen molar-refractivity contribution in [2.24, 2.45) is 5.73 Å². The topological polar surface area (TPSA) is 110 Å². The SMILES string of the molecule is CC(=O)CCCCCN1C(=O)CCC1=O.CNCC(N)=O. The molecule has 0 aromatic carbocycles. The Bertz CT molecular complexity index is 366. The van der Waals surface area contributed by atoms with Gasteiger partial charge in [-0.15, -0.1) is 0 Å². The molecule has 0 saturated carbocycles. The first-order chi connectivity index (χ1) is 9.88. The summed E-state index contributed by atoms with van der Waals surface area (Å²) in [5, 5.41) is 2.59. The van der Waals surface area contributed by atoms with Gasteiger partial charge in [0.1, 0.15) is 5.78 Å². The number of unbranched alkanes of at least 4 members (excludes halogenated alkanes) is 2. The maximum Gasteiger partial charge on any atom is 0.231 e. The second-order valence-electron chi connectivity index (χ2n) is 4.95. The minimum atomic E-state index is -0.322. The highest BCUT2D eigenvalue weighted by atomic mass is 16.2. The summed E-state index contributed by atoms with van der Waals surface area (Å²) in [5.41, 5.74) is 4.70. The van der Waals surface area contributed by atoms with E-state index >= 15 is 0 Å². The number of hydrogen-bond acceptors (Lipinski definition) is 5. The van der Waals surface area contributed by atoms with Crippen LogP contribution in [0.15, 0.2) is 0 Å². The highest BCUT2D eigenvalue weighted by Gasteiger charge is 2.27. The van der Waals surface area contributed by atoms with Crippen molar-refractivity contribution in [1.29, 1.82) is 0 Å². The van der Waals surface area contributed by atoms with Crippen molar-refractivity contribution in [3.8, 4) is 0 Å². The molecule has 0 spiro atoms. The van der Waals surface area contributed by atoms with Crippen LogP contribution < -0.4 is 11.1 Å². The number of amides is 3. The Balaban J connectivity index is 0.000000567. The van der Waals surface area contributed by atoms with Gasteiger partial charge in [-0.05, 0) is 26.8 Å². The van der Waals surface area contributed by atoms with Gasteiger partial charge >= 0.3 is 0 Å². The molecule has 1 aliphatic rings. The average Bonchev–Trinajstić information content (AvgIpc) is 2.70. The second kappa shape index (κ2) is 11.0. The van der Waals surface area contributed by atoms with E-state index in [-0.39, 0.29) is 30.0 Å². The quantitative estimate of drug-likeness (QED) is 0.483. The first-order valence-corrected chi connectivity index (χ1v) is 7.14. The molecule has 7 nitrogen and oxygen atoms in total. The molecule has 1 saturated heterocycles. The standard InChI is InChI=1S/C11H17NO3.C3H8N2O/c1-9(13)5-3-2-4-8-12-10(14)6-7-11(12)15;1-5-2-3(4)6/h2-8H2,1H3;5H,2H2,1H3,(H2,4,6). The maximum atomic E-state index is 11.2. The Morgan fingerprint density at radius 1 is 1.14 bits per heavy atom. The number of carbonyl (C=O) groups excluding carboxylic acids is 4. The lowest BCUT2D eigenvalue weighted by atomic mass is 10.1. The predicted octanol–water partition coefficient (Wildman–Crippen LogP) is -0.0241. The van der Waals surface area contributed by atoms with Gasteiger partial charge < -0.3 is 15.8 Å². The van der Waals surface area contributed by atoms with Crippen LogP contribution in [-0.4, -0.2) is 48.5 Å². The predicted molar refractivity (Wildman–Crippen MR) is 78.2 cm³/mol. The summed E-state index contributed by atoms with van der Waals surface area (Å²) in [4.78, 5) is 44.2. The largest absolute Gasteiger partial charge is 0.369 e.